The van der Waals surface area contributed by atoms with Gasteiger partial charge >= 0.3 is 6.09 Å². The normalized spacial score (nSPS) is 15.7. The number of hydrogen-bond donors (Lipinski definition) is 1. The summed E-state index contributed by atoms with van der Waals surface area (Å²) in [6.07, 6.45) is 1.99. The Hall–Kier alpha value is -1.77. The van der Waals surface area contributed by atoms with E-state index in [1.54, 1.807) is 0 Å². The molecule has 1 aliphatic heterocycles. The number of carbonyl (C=O) groups is 1. The molecule has 0 aliphatic carbocycles. The maximum atomic E-state index is 10.8. The van der Waals surface area contributed by atoms with Crippen molar-refractivity contribution in [3.05, 3.63) is 41.5 Å². The standard InChI is InChI=1S/C15H19NO2/c1-11(2)13-4-3-5-14(10-13)12-6-8-16(9-7-12)15(17)18/h3-6,10-11H,7-9H2,1-2H3,(H,17,18). The Labute approximate surface area is 108 Å². The summed E-state index contributed by atoms with van der Waals surface area (Å²) in [5.41, 5.74) is 3.82. The average molecular weight is 245 g/mol. The van der Waals surface area contributed by atoms with Crippen molar-refractivity contribution in [1.82, 2.24) is 4.90 Å². The minimum absolute atomic E-state index is 0.497. The van der Waals surface area contributed by atoms with E-state index >= 15 is 0 Å². The zero-order chi connectivity index (χ0) is 13.1. The Kier molecular flexibility index (Phi) is 3.70. The summed E-state index contributed by atoms with van der Waals surface area (Å²) in [5, 5.41) is 8.91. The summed E-state index contributed by atoms with van der Waals surface area (Å²) in [5.74, 6) is 0.518. The molecule has 0 saturated heterocycles. The van der Waals surface area contributed by atoms with E-state index in [2.05, 4.69) is 38.1 Å². The first-order valence-electron chi connectivity index (χ1n) is 6.35. The molecule has 0 aromatic heterocycles. The zero-order valence-electron chi connectivity index (χ0n) is 10.9. The first-order chi connectivity index (χ1) is 8.58. The third-order valence-electron chi connectivity index (χ3n) is 3.40. The van der Waals surface area contributed by atoms with E-state index in [1.165, 1.54) is 21.6 Å². The highest BCUT2D eigenvalue weighted by molar-refractivity contribution is 5.71. The minimum Gasteiger partial charge on any atom is -0.465 e. The monoisotopic (exact) mass is 245 g/mol. The van der Waals surface area contributed by atoms with Gasteiger partial charge in [0, 0.05) is 13.1 Å². The molecule has 1 amide bonds. The molecule has 0 saturated carbocycles. The SMILES string of the molecule is CC(C)c1cccc(C2=CCN(C(=O)O)CC2)c1. The second-order valence-electron chi connectivity index (χ2n) is 4.99. The van der Waals surface area contributed by atoms with Crippen LogP contribution in [0.4, 0.5) is 4.79 Å². The lowest BCUT2D eigenvalue weighted by Crippen LogP contribution is -2.33. The van der Waals surface area contributed by atoms with Crippen LogP contribution < -0.4 is 0 Å². The second-order valence-corrected chi connectivity index (χ2v) is 4.99. The first kappa shape index (κ1) is 12.7. The van der Waals surface area contributed by atoms with Gasteiger partial charge in [0.05, 0.1) is 0 Å². The van der Waals surface area contributed by atoms with E-state index in [0.29, 0.717) is 19.0 Å². The maximum absolute atomic E-state index is 10.8. The maximum Gasteiger partial charge on any atom is 0.407 e. The van der Waals surface area contributed by atoms with Gasteiger partial charge in [-0.1, -0.05) is 44.2 Å². The molecule has 2 rings (SSSR count). The van der Waals surface area contributed by atoms with Crippen LogP contribution in [0.15, 0.2) is 30.3 Å². The summed E-state index contributed by atoms with van der Waals surface area (Å²) < 4.78 is 0. The van der Waals surface area contributed by atoms with E-state index in [4.69, 9.17) is 5.11 Å². The Morgan fingerprint density at radius 1 is 1.39 bits per heavy atom. The second kappa shape index (κ2) is 5.25. The molecule has 0 atom stereocenters. The van der Waals surface area contributed by atoms with E-state index in [9.17, 15) is 4.79 Å². The molecule has 96 valence electrons. The summed E-state index contributed by atoms with van der Waals surface area (Å²) in [6.45, 7) is 5.45. The van der Waals surface area contributed by atoms with Gasteiger partial charge < -0.3 is 10.0 Å². The first-order valence-corrected chi connectivity index (χ1v) is 6.35. The van der Waals surface area contributed by atoms with Crippen LogP contribution in [0.25, 0.3) is 5.57 Å². The van der Waals surface area contributed by atoms with Crippen molar-refractivity contribution in [3.8, 4) is 0 Å². The van der Waals surface area contributed by atoms with E-state index in [-0.39, 0.29) is 0 Å². The van der Waals surface area contributed by atoms with Crippen LogP contribution in [0, 0.1) is 0 Å². The molecular formula is C15H19NO2. The molecule has 3 heteroatoms. The van der Waals surface area contributed by atoms with Gasteiger partial charge in [-0.15, -0.1) is 0 Å². The van der Waals surface area contributed by atoms with Crippen molar-refractivity contribution in [3.63, 3.8) is 0 Å². The topological polar surface area (TPSA) is 40.5 Å². The minimum atomic E-state index is -0.832. The van der Waals surface area contributed by atoms with Crippen LogP contribution in [0.3, 0.4) is 0 Å². The van der Waals surface area contributed by atoms with Crippen LogP contribution >= 0.6 is 0 Å². The molecule has 1 aromatic carbocycles. The van der Waals surface area contributed by atoms with E-state index < -0.39 is 6.09 Å². The lowest BCUT2D eigenvalue weighted by atomic mass is 9.94. The fourth-order valence-electron chi connectivity index (χ4n) is 2.20. The third-order valence-corrected chi connectivity index (χ3v) is 3.40. The van der Waals surface area contributed by atoms with Crippen LogP contribution in [0.2, 0.25) is 0 Å². The van der Waals surface area contributed by atoms with Crippen LogP contribution in [0.1, 0.15) is 37.3 Å². The average Bonchev–Trinajstić information content (AvgIpc) is 2.39. The molecule has 18 heavy (non-hydrogen) atoms. The molecule has 1 heterocycles. The molecule has 0 bridgehead atoms. The Morgan fingerprint density at radius 3 is 2.72 bits per heavy atom. The van der Waals surface area contributed by atoms with Gasteiger partial charge in [0.1, 0.15) is 0 Å². The van der Waals surface area contributed by atoms with Gasteiger partial charge in [-0.3, -0.25) is 0 Å². The van der Waals surface area contributed by atoms with Gasteiger partial charge in [0.2, 0.25) is 0 Å². The lowest BCUT2D eigenvalue weighted by molar-refractivity contribution is 0.150. The summed E-state index contributed by atoms with van der Waals surface area (Å²) in [6, 6.07) is 8.54. The Bertz CT molecular complexity index is 477. The number of rotatable bonds is 2. The highest BCUT2D eigenvalue weighted by Crippen LogP contribution is 2.25. The molecule has 0 fully saturated rings. The van der Waals surface area contributed by atoms with Crippen LogP contribution in [0.5, 0.6) is 0 Å². The fourth-order valence-corrected chi connectivity index (χ4v) is 2.20. The third kappa shape index (κ3) is 2.73. The van der Waals surface area contributed by atoms with Crippen molar-refractivity contribution >= 4 is 11.7 Å². The molecular weight excluding hydrogens is 226 g/mol. The molecule has 3 nitrogen and oxygen atoms in total. The summed E-state index contributed by atoms with van der Waals surface area (Å²) in [7, 11) is 0. The van der Waals surface area contributed by atoms with Crippen molar-refractivity contribution < 1.29 is 9.90 Å². The molecule has 1 aromatic rings. The van der Waals surface area contributed by atoms with Crippen molar-refractivity contribution in [1.29, 1.82) is 0 Å². The molecule has 1 N–H and O–H groups in total. The molecule has 0 unspecified atom stereocenters. The number of hydrogen-bond acceptors (Lipinski definition) is 1. The predicted molar refractivity (Wildman–Crippen MR) is 72.7 cm³/mol. The highest BCUT2D eigenvalue weighted by atomic mass is 16.4. The smallest absolute Gasteiger partial charge is 0.407 e. The molecule has 0 radical (unpaired) electrons. The van der Waals surface area contributed by atoms with E-state index in [0.717, 1.165) is 6.42 Å². The number of benzene rings is 1. The highest BCUT2D eigenvalue weighted by Gasteiger charge is 2.16. The summed E-state index contributed by atoms with van der Waals surface area (Å²) in [4.78, 5) is 12.3. The predicted octanol–water partition coefficient (Wildman–Crippen LogP) is 3.58. The number of amides is 1. The molecule has 0 spiro atoms. The van der Waals surface area contributed by atoms with E-state index in [1.807, 2.05) is 6.08 Å². The summed E-state index contributed by atoms with van der Waals surface area (Å²) >= 11 is 0. The van der Waals surface area contributed by atoms with Crippen LogP contribution in [-0.2, 0) is 0 Å². The van der Waals surface area contributed by atoms with Gasteiger partial charge in [-0.05, 0) is 29.0 Å². The number of nitrogens with zero attached hydrogens (tertiary/aromatic N) is 1. The van der Waals surface area contributed by atoms with Crippen molar-refractivity contribution in [2.45, 2.75) is 26.2 Å². The Balaban J connectivity index is 2.18. The van der Waals surface area contributed by atoms with Crippen LogP contribution in [-0.4, -0.2) is 29.2 Å². The van der Waals surface area contributed by atoms with Gasteiger partial charge in [-0.2, -0.15) is 0 Å². The lowest BCUT2D eigenvalue weighted by Gasteiger charge is -2.24. The van der Waals surface area contributed by atoms with Gasteiger partial charge in [-0.25, -0.2) is 4.79 Å². The zero-order valence-corrected chi connectivity index (χ0v) is 10.9. The quantitative estimate of drug-likeness (QED) is 0.865. The Morgan fingerprint density at radius 2 is 2.17 bits per heavy atom. The molecule has 1 aliphatic rings. The number of carboxylic acid groups (broad SMARTS) is 1. The largest absolute Gasteiger partial charge is 0.465 e. The van der Waals surface area contributed by atoms with Gasteiger partial charge in [0.25, 0.3) is 0 Å². The van der Waals surface area contributed by atoms with Crippen molar-refractivity contribution in [2.24, 2.45) is 0 Å². The van der Waals surface area contributed by atoms with Gasteiger partial charge in [0.15, 0.2) is 0 Å². The fraction of sp³-hybridized carbons (Fsp3) is 0.400. The van der Waals surface area contributed by atoms with Crippen molar-refractivity contribution in [2.75, 3.05) is 13.1 Å².